The zero-order valence-electron chi connectivity index (χ0n) is 7.00. The Morgan fingerprint density at radius 1 is 1.38 bits per heavy atom. The summed E-state index contributed by atoms with van der Waals surface area (Å²) in [4.78, 5) is 0. The SMILES string of the molecule is OCC1CC1c1ccc(Cl)cc1Cl. The van der Waals surface area contributed by atoms with Crippen LogP contribution in [0.3, 0.4) is 0 Å². The molecule has 0 amide bonds. The maximum absolute atomic E-state index is 8.91. The topological polar surface area (TPSA) is 20.2 Å². The van der Waals surface area contributed by atoms with E-state index in [2.05, 4.69) is 0 Å². The van der Waals surface area contributed by atoms with Gasteiger partial charge in [-0.1, -0.05) is 29.3 Å². The quantitative estimate of drug-likeness (QED) is 0.806. The van der Waals surface area contributed by atoms with Gasteiger partial charge in [0.05, 0.1) is 0 Å². The van der Waals surface area contributed by atoms with Crippen molar-refractivity contribution in [2.24, 2.45) is 5.92 Å². The first-order valence-corrected chi connectivity index (χ1v) is 5.03. The van der Waals surface area contributed by atoms with E-state index in [1.165, 1.54) is 0 Å². The smallest absolute Gasteiger partial charge is 0.0465 e. The van der Waals surface area contributed by atoms with Crippen LogP contribution in [0.15, 0.2) is 18.2 Å². The third-order valence-electron chi connectivity index (χ3n) is 2.52. The van der Waals surface area contributed by atoms with Gasteiger partial charge in [0.1, 0.15) is 0 Å². The molecule has 0 heterocycles. The van der Waals surface area contributed by atoms with Crippen LogP contribution < -0.4 is 0 Å². The average molecular weight is 217 g/mol. The van der Waals surface area contributed by atoms with Crippen LogP contribution in [0.4, 0.5) is 0 Å². The molecule has 2 unspecified atom stereocenters. The van der Waals surface area contributed by atoms with E-state index in [1.54, 1.807) is 6.07 Å². The fourth-order valence-corrected chi connectivity index (χ4v) is 2.18. The minimum absolute atomic E-state index is 0.254. The summed E-state index contributed by atoms with van der Waals surface area (Å²) in [5.74, 6) is 0.841. The van der Waals surface area contributed by atoms with Crippen LogP contribution in [0.2, 0.25) is 10.0 Å². The maximum Gasteiger partial charge on any atom is 0.0465 e. The highest BCUT2D eigenvalue weighted by atomic mass is 35.5. The molecule has 1 aromatic rings. The maximum atomic E-state index is 8.91. The van der Waals surface area contributed by atoms with Gasteiger partial charge < -0.3 is 5.11 Å². The lowest BCUT2D eigenvalue weighted by Crippen LogP contribution is -1.89. The summed E-state index contributed by atoms with van der Waals surface area (Å²) >= 11 is 11.8. The molecule has 0 saturated heterocycles. The molecular weight excluding hydrogens is 207 g/mol. The lowest BCUT2D eigenvalue weighted by atomic mass is 10.1. The molecule has 0 bridgehead atoms. The Kier molecular flexibility index (Phi) is 2.50. The molecule has 0 spiro atoms. The van der Waals surface area contributed by atoms with Gasteiger partial charge in [-0.05, 0) is 36.0 Å². The van der Waals surface area contributed by atoms with E-state index in [0.717, 1.165) is 12.0 Å². The standard InChI is InChI=1S/C10H10Cl2O/c11-7-1-2-8(10(12)4-7)9-3-6(9)5-13/h1-2,4,6,9,13H,3,5H2. The summed E-state index contributed by atoms with van der Waals surface area (Å²) in [6.07, 6.45) is 1.04. The van der Waals surface area contributed by atoms with Crippen LogP contribution in [-0.2, 0) is 0 Å². The molecular formula is C10H10Cl2O. The molecule has 1 aliphatic rings. The van der Waals surface area contributed by atoms with Crippen molar-refractivity contribution in [3.05, 3.63) is 33.8 Å². The van der Waals surface area contributed by atoms with Crippen molar-refractivity contribution < 1.29 is 5.11 Å². The number of benzene rings is 1. The average Bonchev–Trinajstić information content (AvgIpc) is 2.83. The van der Waals surface area contributed by atoms with Crippen LogP contribution in [0.1, 0.15) is 17.9 Å². The summed E-state index contributed by atoms with van der Waals surface area (Å²) < 4.78 is 0. The van der Waals surface area contributed by atoms with E-state index in [1.807, 2.05) is 12.1 Å². The number of hydrogen-bond acceptors (Lipinski definition) is 1. The van der Waals surface area contributed by atoms with Gasteiger partial charge in [-0.25, -0.2) is 0 Å². The van der Waals surface area contributed by atoms with Crippen molar-refractivity contribution in [3.8, 4) is 0 Å². The van der Waals surface area contributed by atoms with Crippen LogP contribution in [-0.4, -0.2) is 11.7 Å². The fraction of sp³-hybridized carbons (Fsp3) is 0.400. The summed E-state index contributed by atoms with van der Waals surface area (Å²) in [6.45, 7) is 0.254. The zero-order valence-corrected chi connectivity index (χ0v) is 8.52. The highest BCUT2D eigenvalue weighted by molar-refractivity contribution is 6.35. The first kappa shape index (κ1) is 9.32. The van der Waals surface area contributed by atoms with Gasteiger partial charge in [-0.2, -0.15) is 0 Å². The molecule has 0 aromatic heterocycles. The van der Waals surface area contributed by atoms with Crippen LogP contribution in [0, 0.1) is 5.92 Å². The minimum Gasteiger partial charge on any atom is -0.396 e. The second kappa shape index (κ2) is 3.49. The van der Waals surface area contributed by atoms with E-state index < -0.39 is 0 Å². The van der Waals surface area contributed by atoms with Crippen LogP contribution in [0.5, 0.6) is 0 Å². The van der Waals surface area contributed by atoms with Gasteiger partial charge >= 0.3 is 0 Å². The van der Waals surface area contributed by atoms with Gasteiger partial charge in [0.15, 0.2) is 0 Å². The molecule has 2 atom stereocenters. The Morgan fingerprint density at radius 3 is 2.69 bits per heavy atom. The number of rotatable bonds is 2. The summed E-state index contributed by atoms with van der Waals surface area (Å²) in [5, 5.41) is 10.3. The lowest BCUT2D eigenvalue weighted by Gasteiger charge is -2.02. The molecule has 1 fully saturated rings. The molecule has 2 rings (SSSR count). The predicted octanol–water partition coefficient (Wildman–Crippen LogP) is 3.09. The third-order valence-corrected chi connectivity index (χ3v) is 3.08. The predicted molar refractivity (Wildman–Crippen MR) is 54.4 cm³/mol. The molecule has 13 heavy (non-hydrogen) atoms. The zero-order chi connectivity index (χ0) is 9.42. The summed E-state index contributed by atoms with van der Waals surface area (Å²) in [6, 6.07) is 5.55. The fourth-order valence-electron chi connectivity index (χ4n) is 1.63. The van der Waals surface area contributed by atoms with E-state index >= 15 is 0 Å². The van der Waals surface area contributed by atoms with E-state index in [0.29, 0.717) is 21.9 Å². The molecule has 0 radical (unpaired) electrons. The number of hydrogen-bond donors (Lipinski definition) is 1. The molecule has 1 nitrogen and oxygen atoms in total. The van der Waals surface area contributed by atoms with Gasteiger partial charge in [0.25, 0.3) is 0 Å². The number of halogens is 2. The van der Waals surface area contributed by atoms with E-state index in [4.69, 9.17) is 28.3 Å². The van der Waals surface area contributed by atoms with Crippen LogP contribution in [0.25, 0.3) is 0 Å². The van der Waals surface area contributed by atoms with Crippen molar-refractivity contribution in [2.75, 3.05) is 6.61 Å². The number of aliphatic hydroxyl groups is 1. The van der Waals surface area contributed by atoms with E-state index in [9.17, 15) is 0 Å². The first-order valence-electron chi connectivity index (χ1n) is 4.28. The largest absolute Gasteiger partial charge is 0.396 e. The molecule has 0 aliphatic heterocycles. The summed E-state index contributed by atoms with van der Waals surface area (Å²) in [7, 11) is 0. The highest BCUT2D eigenvalue weighted by Gasteiger charge is 2.38. The van der Waals surface area contributed by atoms with Crippen molar-refractivity contribution in [2.45, 2.75) is 12.3 Å². The normalized spacial score (nSPS) is 26.1. The monoisotopic (exact) mass is 216 g/mol. The van der Waals surface area contributed by atoms with Crippen molar-refractivity contribution >= 4 is 23.2 Å². The Hall–Kier alpha value is -0.240. The molecule has 1 saturated carbocycles. The lowest BCUT2D eigenvalue weighted by molar-refractivity contribution is 0.274. The van der Waals surface area contributed by atoms with E-state index in [-0.39, 0.29) is 6.61 Å². The Bertz CT molecular complexity index is 325. The van der Waals surface area contributed by atoms with Gasteiger partial charge in [0, 0.05) is 16.7 Å². The Labute approximate surface area is 87.3 Å². The third kappa shape index (κ3) is 1.83. The Balaban J connectivity index is 2.22. The molecule has 70 valence electrons. The molecule has 1 aliphatic carbocycles. The van der Waals surface area contributed by atoms with Crippen molar-refractivity contribution in [3.63, 3.8) is 0 Å². The minimum atomic E-state index is 0.254. The van der Waals surface area contributed by atoms with Gasteiger partial charge in [-0.15, -0.1) is 0 Å². The second-order valence-electron chi connectivity index (χ2n) is 3.45. The first-order chi connectivity index (χ1) is 6.22. The highest BCUT2D eigenvalue weighted by Crippen LogP contribution is 2.49. The molecule has 3 heteroatoms. The molecule has 1 aromatic carbocycles. The van der Waals surface area contributed by atoms with Crippen molar-refractivity contribution in [1.29, 1.82) is 0 Å². The molecule has 1 N–H and O–H groups in total. The van der Waals surface area contributed by atoms with Crippen LogP contribution >= 0.6 is 23.2 Å². The summed E-state index contributed by atoms with van der Waals surface area (Å²) in [5.41, 5.74) is 1.12. The number of aliphatic hydroxyl groups excluding tert-OH is 1. The van der Waals surface area contributed by atoms with Crippen molar-refractivity contribution in [1.82, 2.24) is 0 Å². The van der Waals surface area contributed by atoms with Gasteiger partial charge in [-0.3, -0.25) is 0 Å². The second-order valence-corrected chi connectivity index (χ2v) is 4.29. The van der Waals surface area contributed by atoms with Gasteiger partial charge in [0.2, 0.25) is 0 Å². The Morgan fingerprint density at radius 2 is 2.15 bits per heavy atom.